The van der Waals surface area contributed by atoms with Crippen molar-refractivity contribution < 1.29 is 9.84 Å². The maximum atomic E-state index is 9.04. The van der Waals surface area contributed by atoms with Crippen LogP contribution in [0.1, 0.15) is 50.5 Å². The Bertz CT molecular complexity index is 423. The molecule has 1 N–H and O–H groups in total. The van der Waals surface area contributed by atoms with Gasteiger partial charge in [-0.15, -0.1) is 11.8 Å². The van der Waals surface area contributed by atoms with Crippen molar-refractivity contribution in [3.05, 3.63) is 29.8 Å². The summed E-state index contributed by atoms with van der Waals surface area (Å²) in [4.78, 5) is 1.27. The van der Waals surface area contributed by atoms with E-state index in [0.717, 1.165) is 11.3 Å². The summed E-state index contributed by atoms with van der Waals surface area (Å²) < 4.78 is 6.40. The van der Waals surface area contributed by atoms with Crippen LogP contribution in [-0.4, -0.2) is 22.6 Å². The Kier molecular flexibility index (Phi) is 4.69. The van der Waals surface area contributed by atoms with Gasteiger partial charge < -0.3 is 9.84 Å². The quantitative estimate of drug-likeness (QED) is 0.845. The van der Waals surface area contributed by atoms with E-state index in [1.165, 1.54) is 49.8 Å². The van der Waals surface area contributed by atoms with E-state index in [1.54, 1.807) is 0 Å². The first kappa shape index (κ1) is 14.4. The number of aliphatic hydroxyl groups is 1. The Morgan fingerprint density at radius 3 is 2.55 bits per heavy atom. The molecule has 1 unspecified atom stereocenters. The van der Waals surface area contributed by atoms with Crippen LogP contribution >= 0.6 is 11.8 Å². The minimum Gasteiger partial charge on any atom is -0.392 e. The minimum absolute atomic E-state index is 0.124. The van der Waals surface area contributed by atoms with Gasteiger partial charge in [0.15, 0.2) is 0 Å². The minimum atomic E-state index is 0.124. The van der Waals surface area contributed by atoms with Crippen molar-refractivity contribution in [3.8, 4) is 0 Å². The van der Waals surface area contributed by atoms with Crippen LogP contribution in [0.4, 0.5) is 0 Å². The van der Waals surface area contributed by atoms with Crippen molar-refractivity contribution in [2.75, 3.05) is 5.75 Å². The van der Waals surface area contributed by atoms with Crippen molar-refractivity contribution in [2.24, 2.45) is 0 Å². The van der Waals surface area contributed by atoms with E-state index in [1.807, 2.05) is 23.9 Å². The molecule has 1 heterocycles. The van der Waals surface area contributed by atoms with Gasteiger partial charge in [0, 0.05) is 10.6 Å². The topological polar surface area (TPSA) is 29.5 Å². The molecule has 3 heteroatoms. The molecule has 2 nitrogen and oxygen atoms in total. The summed E-state index contributed by atoms with van der Waals surface area (Å²) in [6.07, 6.45) is 9.56. The van der Waals surface area contributed by atoms with E-state index in [-0.39, 0.29) is 12.2 Å². The van der Waals surface area contributed by atoms with Crippen molar-refractivity contribution in [1.29, 1.82) is 0 Å². The lowest BCUT2D eigenvalue weighted by Gasteiger charge is -2.33. The maximum absolute atomic E-state index is 9.04. The zero-order chi connectivity index (χ0) is 13.8. The molecule has 110 valence electrons. The van der Waals surface area contributed by atoms with Gasteiger partial charge in [-0.2, -0.15) is 0 Å². The zero-order valence-corrected chi connectivity index (χ0v) is 12.8. The molecule has 3 rings (SSSR count). The summed E-state index contributed by atoms with van der Waals surface area (Å²) in [7, 11) is 0. The highest BCUT2D eigenvalue weighted by Crippen LogP contribution is 2.42. The SMILES string of the molecule is OCc1ccc(SCC2CCC3(CCCCC3)O2)cc1. The normalized spacial score (nSPS) is 25.1. The molecule has 1 aliphatic carbocycles. The molecule has 1 aliphatic heterocycles. The lowest BCUT2D eigenvalue weighted by molar-refractivity contribution is -0.0555. The molecule has 2 aliphatic rings. The summed E-state index contributed by atoms with van der Waals surface area (Å²) in [5.41, 5.74) is 1.22. The zero-order valence-electron chi connectivity index (χ0n) is 12.0. The molecule has 1 saturated heterocycles. The molecule has 2 fully saturated rings. The van der Waals surface area contributed by atoms with Gasteiger partial charge in [-0.05, 0) is 43.4 Å². The van der Waals surface area contributed by atoms with Crippen molar-refractivity contribution in [2.45, 2.75) is 68.2 Å². The van der Waals surface area contributed by atoms with Crippen LogP contribution < -0.4 is 0 Å². The van der Waals surface area contributed by atoms with Crippen molar-refractivity contribution >= 4 is 11.8 Å². The van der Waals surface area contributed by atoms with E-state index >= 15 is 0 Å². The fraction of sp³-hybridized carbons (Fsp3) is 0.647. The molecule has 1 saturated carbocycles. The summed E-state index contributed by atoms with van der Waals surface area (Å²) >= 11 is 1.88. The molecular formula is C17H24O2S. The monoisotopic (exact) mass is 292 g/mol. The molecule has 0 aromatic heterocycles. The van der Waals surface area contributed by atoms with Gasteiger partial charge in [0.1, 0.15) is 0 Å². The molecule has 0 amide bonds. The first-order valence-corrected chi connectivity index (χ1v) is 8.79. The third-order valence-electron chi connectivity index (χ3n) is 4.65. The Hall–Kier alpha value is -0.510. The first-order valence-electron chi connectivity index (χ1n) is 7.80. The number of hydrogen-bond acceptors (Lipinski definition) is 3. The number of ether oxygens (including phenoxy) is 1. The second-order valence-corrected chi connectivity index (χ2v) is 7.23. The maximum Gasteiger partial charge on any atom is 0.0687 e. The van der Waals surface area contributed by atoms with Gasteiger partial charge in [0.05, 0.1) is 18.3 Å². The fourth-order valence-corrected chi connectivity index (χ4v) is 4.40. The van der Waals surface area contributed by atoms with Crippen molar-refractivity contribution in [1.82, 2.24) is 0 Å². The van der Waals surface area contributed by atoms with E-state index in [0.29, 0.717) is 6.10 Å². The van der Waals surface area contributed by atoms with Crippen LogP contribution in [0.15, 0.2) is 29.2 Å². The Balaban J connectivity index is 1.49. The summed E-state index contributed by atoms with van der Waals surface area (Å²) in [5.74, 6) is 1.06. The number of aliphatic hydroxyl groups excluding tert-OH is 1. The predicted octanol–water partition coefficient (Wildman–Crippen LogP) is 4.15. The number of thioether (sulfide) groups is 1. The van der Waals surface area contributed by atoms with Crippen LogP contribution in [0.3, 0.4) is 0 Å². The third-order valence-corrected chi connectivity index (χ3v) is 5.79. The van der Waals surface area contributed by atoms with Crippen LogP contribution in [0.5, 0.6) is 0 Å². The molecule has 0 radical (unpaired) electrons. The second kappa shape index (κ2) is 6.50. The van der Waals surface area contributed by atoms with Crippen LogP contribution in [0, 0.1) is 0 Å². The first-order chi connectivity index (χ1) is 9.80. The highest BCUT2D eigenvalue weighted by atomic mass is 32.2. The molecule has 1 atom stereocenters. The van der Waals surface area contributed by atoms with Gasteiger partial charge in [0.2, 0.25) is 0 Å². The lowest BCUT2D eigenvalue weighted by Crippen LogP contribution is -2.32. The standard InChI is InChI=1S/C17H24O2S/c18-12-14-4-6-16(7-5-14)20-13-15-8-11-17(19-15)9-2-1-3-10-17/h4-7,15,18H,1-3,8-13H2. The summed E-state index contributed by atoms with van der Waals surface area (Å²) in [5, 5.41) is 9.04. The fourth-order valence-electron chi connectivity index (χ4n) is 3.46. The Morgan fingerprint density at radius 1 is 1.10 bits per heavy atom. The summed E-state index contributed by atoms with van der Waals surface area (Å²) in [6.45, 7) is 0.124. The molecule has 20 heavy (non-hydrogen) atoms. The second-order valence-electron chi connectivity index (χ2n) is 6.14. The highest BCUT2D eigenvalue weighted by Gasteiger charge is 2.40. The van der Waals surface area contributed by atoms with E-state index in [9.17, 15) is 0 Å². The van der Waals surface area contributed by atoms with Crippen molar-refractivity contribution in [3.63, 3.8) is 0 Å². The Morgan fingerprint density at radius 2 is 1.85 bits per heavy atom. The number of benzene rings is 1. The average Bonchev–Trinajstić information content (AvgIpc) is 2.89. The molecule has 1 aromatic carbocycles. The molecule has 0 bridgehead atoms. The molecular weight excluding hydrogens is 268 g/mol. The van der Waals surface area contributed by atoms with Crippen LogP contribution in [-0.2, 0) is 11.3 Å². The van der Waals surface area contributed by atoms with Crippen LogP contribution in [0.25, 0.3) is 0 Å². The largest absolute Gasteiger partial charge is 0.392 e. The smallest absolute Gasteiger partial charge is 0.0687 e. The van der Waals surface area contributed by atoms with Crippen LogP contribution in [0.2, 0.25) is 0 Å². The highest BCUT2D eigenvalue weighted by molar-refractivity contribution is 7.99. The van der Waals surface area contributed by atoms with Gasteiger partial charge in [-0.3, -0.25) is 0 Å². The molecule has 1 aromatic rings. The van der Waals surface area contributed by atoms with Gasteiger partial charge in [-0.1, -0.05) is 31.4 Å². The average molecular weight is 292 g/mol. The number of rotatable bonds is 4. The number of hydrogen-bond donors (Lipinski definition) is 1. The third kappa shape index (κ3) is 3.38. The van der Waals surface area contributed by atoms with Gasteiger partial charge in [0.25, 0.3) is 0 Å². The van der Waals surface area contributed by atoms with Gasteiger partial charge in [-0.25, -0.2) is 0 Å². The van der Waals surface area contributed by atoms with E-state index < -0.39 is 0 Å². The van der Waals surface area contributed by atoms with Gasteiger partial charge >= 0.3 is 0 Å². The molecule has 1 spiro atoms. The summed E-state index contributed by atoms with van der Waals surface area (Å²) in [6, 6.07) is 8.20. The Labute approximate surface area is 125 Å². The lowest BCUT2D eigenvalue weighted by atomic mass is 9.83. The van der Waals surface area contributed by atoms with E-state index in [2.05, 4.69) is 12.1 Å². The predicted molar refractivity (Wildman–Crippen MR) is 83.0 cm³/mol. The van der Waals surface area contributed by atoms with E-state index in [4.69, 9.17) is 9.84 Å².